The Balaban J connectivity index is 2.25. The standard InChI is InChI=1S/C26H35BrN2O4/c1-7-23(26(31)28-18(4)5)29(15-19-9-8-10-21(13-19)32-6)25(30)16-33-24-12-11-20(17(2)3)14-22(24)27/h8-14,17-18,23H,7,15-16H2,1-6H3,(H,28,31)/t23-/m1/s1. The van der Waals surface area contributed by atoms with Crippen molar-refractivity contribution in [1.82, 2.24) is 10.2 Å². The van der Waals surface area contributed by atoms with Gasteiger partial charge in [-0.25, -0.2) is 0 Å². The highest BCUT2D eigenvalue weighted by atomic mass is 79.9. The highest BCUT2D eigenvalue weighted by Crippen LogP contribution is 2.29. The lowest BCUT2D eigenvalue weighted by atomic mass is 10.0. The van der Waals surface area contributed by atoms with Gasteiger partial charge in [0, 0.05) is 12.6 Å². The molecule has 0 fully saturated rings. The normalized spacial score (nSPS) is 11.9. The Kier molecular flexibility index (Phi) is 10.2. The fourth-order valence-corrected chi connectivity index (χ4v) is 3.99. The largest absolute Gasteiger partial charge is 0.497 e. The van der Waals surface area contributed by atoms with Crippen molar-refractivity contribution < 1.29 is 19.1 Å². The highest BCUT2D eigenvalue weighted by molar-refractivity contribution is 9.10. The van der Waals surface area contributed by atoms with E-state index in [9.17, 15) is 9.59 Å². The molecule has 0 aliphatic rings. The fourth-order valence-electron chi connectivity index (χ4n) is 3.48. The molecule has 2 aromatic carbocycles. The first-order valence-corrected chi connectivity index (χ1v) is 12.1. The second-order valence-electron chi connectivity index (χ2n) is 8.59. The molecule has 1 atom stereocenters. The van der Waals surface area contributed by atoms with Gasteiger partial charge in [-0.2, -0.15) is 0 Å². The van der Waals surface area contributed by atoms with Gasteiger partial charge in [-0.15, -0.1) is 0 Å². The van der Waals surface area contributed by atoms with Crippen LogP contribution in [0.1, 0.15) is 58.1 Å². The first-order valence-electron chi connectivity index (χ1n) is 11.3. The van der Waals surface area contributed by atoms with Crippen LogP contribution in [0.5, 0.6) is 11.5 Å². The molecule has 0 bridgehead atoms. The molecule has 0 aromatic heterocycles. The van der Waals surface area contributed by atoms with Gasteiger partial charge < -0.3 is 19.7 Å². The van der Waals surface area contributed by atoms with E-state index in [1.165, 1.54) is 5.56 Å². The molecule has 0 aliphatic carbocycles. The average Bonchev–Trinajstić information content (AvgIpc) is 2.77. The van der Waals surface area contributed by atoms with Gasteiger partial charge in [0.15, 0.2) is 6.61 Å². The molecule has 6 nitrogen and oxygen atoms in total. The summed E-state index contributed by atoms with van der Waals surface area (Å²) in [4.78, 5) is 27.8. The summed E-state index contributed by atoms with van der Waals surface area (Å²) in [7, 11) is 1.60. The number of rotatable bonds is 11. The summed E-state index contributed by atoms with van der Waals surface area (Å²) < 4.78 is 12.0. The van der Waals surface area contributed by atoms with Crippen LogP contribution < -0.4 is 14.8 Å². The lowest BCUT2D eigenvalue weighted by Gasteiger charge is -2.31. The number of nitrogens with one attached hydrogen (secondary N) is 1. The Labute approximate surface area is 205 Å². The molecule has 0 aliphatic heterocycles. The maximum absolute atomic E-state index is 13.3. The van der Waals surface area contributed by atoms with Crippen LogP contribution in [0.15, 0.2) is 46.9 Å². The van der Waals surface area contributed by atoms with Crippen molar-refractivity contribution in [2.24, 2.45) is 0 Å². The third-order valence-electron chi connectivity index (χ3n) is 5.28. The minimum absolute atomic E-state index is 0.0213. The minimum atomic E-state index is -0.610. The van der Waals surface area contributed by atoms with Crippen LogP contribution in [0.4, 0.5) is 0 Å². The topological polar surface area (TPSA) is 67.9 Å². The monoisotopic (exact) mass is 518 g/mol. The lowest BCUT2D eigenvalue weighted by Crippen LogP contribution is -2.51. The molecular weight excluding hydrogens is 484 g/mol. The van der Waals surface area contributed by atoms with Crippen molar-refractivity contribution in [2.45, 2.75) is 65.6 Å². The van der Waals surface area contributed by atoms with Crippen molar-refractivity contribution in [2.75, 3.05) is 13.7 Å². The van der Waals surface area contributed by atoms with E-state index >= 15 is 0 Å². The SMILES string of the molecule is CC[C@H](C(=O)NC(C)C)N(Cc1cccc(OC)c1)C(=O)COc1ccc(C(C)C)cc1Br. The summed E-state index contributed by atoms with van der Waals surface area (Å²) in [5.74, 6) is 1.24. The number of halogens is 1. The molecule has 0 heterocycles. The third kappa shape index (κ3) is 7.77. The Bertz CT molecular complexity index is 946. The van der Waals surface area contributed by atoms with Gasteiger partial charge in [0.1, 0.15) is 17.5 Å². The molecule has 33 heavy (non-hydrogen) atoms. The van der Waals surface area contributed by atoms with Gasteiger partial charge in [0.2, 0.25) is 5.91 Å². The van der Waals surface area contributed by atoms with Crippen molar-refractivity contribution in [3.63, 3.8) is 0 Å². The van der Waals surface area contributed by atoms with E-state index in [1.807, 2.05) is 63.2 Å². The van der Waals surface area contributed by atoms with E-state index in [0.29, 0.717) is 23.8 Å². The number of carbonyl (C=O) groups is 2. The molecular formula is C26H35BrN2O4. The Morgan fingerprint density at radius 3 is 2.39 bits per heavy atom. The average molecular weight is 519 g/mol. The van der Waals surface area contributed by atoms with Gasteiger partial charge >= 0.3 is 0 Å². The molecule has 180 valence electrons. The van der Waals surface area contributed by atoms with Gasteiger partial charge in [-0.05, 0) is 77.5 Å². The smallest absolute Gasteiger partial charge is 0.261 e. The van der Waals surface area contributed by atoms with Crippen LogP contribution >= 0.6 is 15.9 Å². The summed E-state index contributed by atoms with van der Waals surface area (Å²) in [6.07, 6.45) is 0.487. The summed E-state index contributed by atoms with van der Waals surface area (Å²) in [5.41, 5.74) is 2.05. The van der Waals surface area contributed by atoms with Gasteiger partial charge in [0.25, 0.3) is 5.91 Å². The van der Waals surface area contributed by atoms with Crippen molar-refractivity contribution in [3.05, 3.63) is 58.1 Å². The number of nitrogens with zero attached hydrogens (tertiary/aromatic N) is 1. The number of benzene rings is 2. The first kappa shape index (κ1) is 26.7. The Morgan fingerprint density at radius 2 is 1.82 bits per heavy atom. The van der Waals surface area contributed by atoms with Gasteiger partial charge in [0.05, 0.1) is 11.6 Å². The van der Waals surface area contributed by atoms with Crippen LogP contribution in [0.2, 0.25) is 0 Å². The number of carbonyl (C=O) groups excluding carboxylic acids is 2. The van der Waals surface area contributed by atoms with Crippen molar-refractivity contribution in [1.29, 1.82) is 0 Å². The van der Waals surface area contributed by atoms with E-state index in [2.05, 4.69) is 35.1 Å². The van der Waals surface area contributed by atoms with Crippen LogP contribution in [0, 0.1) is 0 Å². The van der Waals surface area contributed by atoms with E-state index in [0.717, 1.165) is 10.0 Å². The van der Waals surface area contributed by atoms with Crippen LogP contribution in [0.3, 0.4) is 0 Å². The first-order chi connectivity index (χ1) is 15.7. The Hall–Kier alpha value is -2.54. The summed E-state index contributed by atoms with van der Waals surface area (Å²) in [5, 5.41) is 2.93. The predicted molar refractivity (Wildman–Crippen MR) is 135 cm³/mol. The van der Waals surface area contributed by atoms with Gasteiger partial charge in [-0.1, -0.05) is 39.0 Å². The quantitative estimate of drug-likeness (QED) is 0.438. The molecule has 0 spiro atoms. The number of amides is 2. The zero-order valence-electron chi connectivity index (χ0n) is 20.4. The van der Waals surface area contributed by atoms with E-state index in [4.69, 9.17) is 9.47 Å². The minimum Gasteiger partial charge on any atom is -0.497 e. The zero-order chi connectivity index (χ0) is 24.5. The molecule has 0 radical (unpaired) electrons. The van der Waals surface area contributed by atoms with Crippen molar-refractivity contribution in [3.8, 4) is 11.5 Å². The fraction of sp³-hybridized carbons (Fsp3) is 0.462. The molecule has 0 unspecified atom stereocenters. The third-order valence-corrected chi connectivity index (χ3v) is 5.90. The highest BCUT2D eigenvalue weighted by Gasteiger charge is 2.29. The van der Waals surface area contributed by atoms with Gasteiger partial charge in [-0.3, -0.25) is 9.59 Å². The number of hydrogen-bond acceptors (Lipinski definition) is 4. The molecule has 0 saturated carbocycles. The lowest BCUT2D eigenvalue weighted by molar-refractivity contribution is -0.143. The summed E-state index contributed by atoms with van der Waals surface area (Å²) in [6, 6.07) is 12.7. The maximum Gasteiger partial charge on any atom is 0.261 e. The molecule has 2 aromatic rings. The predicted octanol–water partition coefficient (Wildman–Crippen LogP) is 5.29. The molecule has 7 heteroatoms. The maximum atomic E-state index is 13.3. The van der Waals surface area contributed by atoms with Crippen LogP contribution in [-0.4, -0.2) is 42.5 Å². The Morgan fingerprint density at radius 1 is 1.09 bits per heavy atom. The second-order valence-corrected chi connectivity index (χ2v) is 9.45. The number of ether oxygens (including phenoxy) is 2. The zero-order valence-corrected chi connectivity index (χ0v) is 21.9. The van der Waals surface area contributed by atoms with Crippen molar-refractivity contribution >= 4 is 27.7 Å². The molecule has 2 amide bonds. The number of methoxy groups -OCH3 is 1. The van der Waals surface area contributed by atoms with E-state index in [-0.39, 0.29) is 31.0 Å². The summed E-state index contributed by atoms with van der Waals surface area (Å²) >= 11 is 3.54. The van der Waals surface area contributed by atoms with Crippen LogP contribution in [0.25, 0.3) is 0 Å². The summed E-state index contributed by atoms with van der Waals surface area (Å²) in [6.45, 7) is 10.1. The second kappa shape index (κ2) is 12.6. The molecule has 1 N–H and O–H groups in total. The molecule has 2 rings (SSSR count). The van der Waals surface area contributed by atoms with Crippen LogP contribution in [-0.2, 0) is 16.1 Å². The van der Waals surface area contributed by atoms with E-state index < -0.39 is 6.04 Å². The molecule has 0 saturated heterocycles. The van der Waals surface area contributed by atoms with E-state index in [1.54, 1.807) is 12.0 Å². The number of hydrogen-bond donors (Lipinski definition) is 1.